The van der Waals surface area contributed by atoms with Crippen molar-refractivity contribution in [1.29, 1.82) is 5.26 Å². The van der Waals surface area contributed by atoms with Gasteiger partial charge in [-0.2, -0.15) is 10.4 Å². The van der Waals surface area contributed by atoms with Crippen molar-refractivity contribution in [2.24, 2.45) is 10.8 Å². The summed E-state index contributed by atoms with van der Waals surface area (Å²) in [7, 11) is 0. The van der Waals surface area contributed by atoms with Gasteiger partial charge in [-0.05, 0) is 37.5 Å². The number of anilines is 1. The smallest absolute Gasteiger partial charge is 0.285 e. The lowest BCUT2D eigenvalue weighted by Crippen LogP contribution is -2.38. The third-order valence-corrected chi connectivity index (χ3v) is 4.00. The van der Waals surface area contributed by atoms with Crippen molar-refractivity contribution >= 4 is 40.4 Å². The van der Waals surface area contributed by atoms with E-state index in [0.717, 1.165) is 25.9 Å². The minimum atomic E-state index is 0.169. The molecule has 3 N–H and O–H groups in total. The minimum Gasteiger partial charge on any atom is -0.285 e. The van der Waals surface area contributed by atoms with Crippen LogP contribution >= 0.6 is 23.2 Å². The predicted molar refractivity (Wildman–Crippen MR) is 86.2 cm³/mol. The third-order valence-electron chi connectivity index (χ3n) is 3.26. The van der Waals surface area contributed by atoms with Crippen LogP contribution in [-0.4, -0.2) is 29.2 Å². The summed E-state index contributed by atoms with van der Waals surface area (Å²) in [5.41, 5.74) is 9.61. The summed E-state index contributed by atoms with van der Waals surface area (Å²) in [5.74, 6) is 0.407. The summed E-state index contributed by atoms with van der Waals surface area (Å²) in [5, 5.41) is 14.2. The molecule has 0 radical (unpaired) electrons. The fourth-order valence-electron chi connectivity index (χ4n) is 2.11. The van der Waals surface area contributed by atoms with Crippen LogP contribution in [0.1, 0.15) is 19.3 Å². The minimum absolute atomic E-state index is 0.169. The van der Waals surface area contributed by atoms with Gasteiger partial charge in [0, 0.05) is 0 Å². The summed E-state index contributed by atoms with van der Waals surface area (Å²) >= 11 is 11.8. The van der Waals surface area contributed by atoms with Crippen molar-refractivity contribution in [2.75, 3.05) is 18.5 Å². The highest BCUT2D eigenvalue weighted by molar-refractivity contribution is 6.45. The van der Waals surface area contributed by atoms with Crippen molar-refractivity contribution in [2.45, 2.75) is 19.3 Å². The molecule has 1 aromatic rings. The molecule has 0 spiro atoms. The van der Waals surface area contributed by atoms with Crippen molar-refractivity contribution in [3.63, 3.8) is 0 Å². The van der Waals surface area contributed by atoms with Crippen LogP contribution in [0.4, 0.5) is 5.69 Å². The molecule has 0 atom stereocenters. The van der Waals surface area contributed by atoms with E-state index in [9.17, 15) is 5.26 Å². The van der Waals surface area contributed by atoms with E-state index < -0.39 is 0 Å². The van der Waals surface area contributed by atoms with Gasteiger partial charge in [0.1, 0.15) is 6.07 Å². The Morgan fingerprint density at radius 2 is 1.95 bits per heavy atom. The predicted octanol–water partition coefficient (Wildman–Crippen LogP) is 2.84. The molecule has 21 heavy (non-hydrogen) atoms. The highest BCUT2D eigenvalue weighted by Crippen LogP contribution is 2.24. The van der Waals surface area contributed by atoms with Gasteiger partial charge in [-0.25, -0.2) is 0 Å². The first-order valence-corrected chi connectivity index (χ1v) is 7.44. The molecule has 1 aromatic carbocycles. The van der Waals surface area contributed by atoms with Crippen LogP contribution in [0.3, 0.4) is 0 Å². The van der Waals surface area contributed by atoms with E-state index in [4.69, 9.17) is 28.9 Å². The van der Waals surface area contributed by atoms with Crippen LogP contribution in [0.5, 0.6) is 0 Å². The van der Waals surface area contributed by atoms with Crippen LogP contribution in [0.25, 0.3) is 0 Å². The van der Waals surface area contributed by atoms with E-state index in [0.29, 0.717) is 21.6 Å². The molecule has 1 aliphatic rings. The second kappa shape index (κ2) is 7.30. The zero-order valence-electron chi connectivity index (χ0n) is 11.4. The number of rotatable bonds is 3. The number of nitrogens with one attached hydrogen (secondary N) is 1. The van der Waals surface area contributed by atoms with Crippen LogP contribution in [0.15, 0.2) is 23.3 Å². The van der Waals surface area contributed by atoms with Gasteiger partial charge in [-0.3, -0.25) is 15.7 Å². The molecular weight excluding hydrogens is 309 g/mol. The SMILES string of the molecule is N#C/C(=N\Nc1ccc(Cl)c(Cl)c1)C(N)=[N+]1CCCCC1. The maximum absolute atomic E-state index is 9.21. The molecule has 0 amide bonds. The number of hydrogen-bond donors (Lipinski definition) is 2. The lowest BCUT2D eigenvalue weighted by atomic mass is 10.1. The fourth-order valence-corrected chi connectivity index (χ4v) is 2.41. The van der Waals surface area contributed by atoms with Gasteiger partial charge in [-0.1, -0.05) is 23.2 Å². The number of amidine groups is 1. The second-order valence-electron chi connectivity index (χ2n) is 4.75. The first kappa shape index (κ1) is 15.6. The van der Waals surface area contributed by atoms with Gasteiger partial charge in [0.15, 0.2) is 0 Å². The second-order valence-corrected chi connectivity index (χ2v) is 5.56. The Balaban J connectivity index is 2.17. The number of hydrogen-bond acceptors (Lipinski definition) is 3. The lowest BCUT2D eigenvalue weighted by molar-refractivity contribution is -0.536. The molecule has 0 saturated carbocycles. The summed E-state index contributed by atoms with van der Waals surface area (Å²) < 4.78 is 1.99. The van der Waals surface area contributed by atoms with Gasteiger partial charge in [0.25, 0.3) is 0 Å². The molecule has 0 unspecified atom stereocenters. The Bertz CT molecular complexity index is 623. The Morgan fingerprint density at radius 3 is 2.57 bits per heavy atom. The average Bonchev–Trinajstić information content (AvgIpc) is 2.52. The molecule has 0 aliphatic carbocycles. The maximum Gasteiger partial charge on any atom is 0.306 e. The Morgan fingerprint density at radius 1 is 1.24 bits per heavy atom. The molecule has 1 saturated heterocycles. The van der Waals surface area contributed by atoms with Crippen LogP contribution in [0.2, 0.25) is 10.0 Å². The van der Waals surface area contributed by atoms with Gasteiger partial charge in [0.05, 0.1) is 28.8 Å². The quantitative estimate of drug-likeness (QED) is 0.388. The van der Waals surface area contributed by atoms with Crippen molar-refractivity contribution in [3.8, 4) is 6.07 Å². The molecule has 1 heterocycles. The van der Waals surface area contributed by atoms with Crippen molar-refractivity contribution < 1.29 is 4.58 Å². The van der Waals surface area contributed by atoms with E-state index in [2.05, 4.69) is 10.5 Å². The Labute approximate surface area is 133 Å². The largest absolute Gasteiger partial charge is 0.306 e. The molecule has 7 heteroatoms. The van der Waals surface area contributed by atoms with E-state index in [1.54, 1.807) is 18.2 Å². The number of halogens is 2. The standard InChI is InChI=1S/C14H15Cl2N5/c15-11-5-4-10(8-12(11)16)19-20-13(9-17)14(18)21-6-2-1-3-7-21/h4-5,8H,1-3,6-7H2,(H2,18,19)/p+1. The highest BCUT2D eigenvalue weighted by atomic mass is 35.5. The van der Waals surface area contributed by atoms with Gasteiger partial charge >= 0.3 is 5.84 Å². The number of nitrogens with two attached hydrogens (primary N) is 1. The average molecular weight is 325 g/mol. The topological polar surface area (TPSA) is 77.2 Å². The monoisotopic (exact) mass is 324 g/mol. The molecule has 5 nitrogen and oxygen atoms in total. The van der Waals surface area contributed by atoms with Crippen LogP contribution < -0.4 is 11.2 Å². The van der Waals surface area contributed by atoms with Crippen LogP contribution in [0, 0.1) is 11.3 Å². The third kappa shape index (κ3) is 4.10. The summed E-state index contributed by atoms with van der Waals surface area (Å²) in [6.45, 7) is 1.72. The summed E-state index contributed by atoms with van der Waals surface area (Å²) in [6, 6.07) is 7.04. The molecule has 1 fully saturated rings. The first-order chi connectivity index (χ1) is 10.1. The number of nitrogens with zero attached hydrogens (tertiary/aromatic N) is 3. The summed E-state index contributed by atoms with van der Waals surface area (Å²) in [6.07, 6.45) is 3.36. The van der Waals surface area contributed by atoms with E-state index in [1.807, 2.05) is 10.6 Å². The Kier molecular flexibility index (Phi) is 5.43. The number of piperidine rings is 1. The molecule has 0 bridgehead atoms. The van der Waals surface area contributed by atoms with E-state index in [-0.39, 0.29) is 5.71 Å². The maximum atomic E-state index is 9.21. The highest BCUT2D eigenvalue weighted by Gasteiger charge is 2.18. The van der Waals surface area contributed by atoms with E-state index in [1.165, 1.54) is 6.42 Å². The van der Waals surface area contributed by atoms with Gasteiger partial charge in [0.2, 0.25) is 5.71 Å². The Hall–Kier alpha value is -1.77. The molecule has 1 aliphatic heterocycles. The normalized spacial score (nSPS) is 15.5. The summed E-state index contributed by atoms with van der Waals surface area (Å²) in [4.78, 5) is 0. The van der Waals surface area contributed by atoms with Crippen molar-refractivity contribution in [1.82, 2.24) is 0 Å². The van der Waals surface area contributed by atoms with Crippen LogP contribution in [-0.2, 0) is 0 Å². The molecule has 110 valence electrons. The van der Waals surface area contributed by atoms with Gasteiger partial charge in [-0.15, -0.1) is 0 Å². The van der Waals surface area contributed by atoms with E-state index >= 15 is 0 Å². The number of nitriles is 1. The number of benzene rings is 1. The molecule has 2 rings (SSSR count). The number of hydrazone groups is 1. The molecule has 0 aromatic heterocycles. The zero-order valence-corrected chi connectivity index (χ0v) is 13.0. The lowest BCUT2D eigenvalue weighted by Gasteiger charge is -2.14. The first-order valence-electron chi connectivity index (χ1n) is 6.68. The zero-order chi connectivity index (χ0) is 15.2. The fraction of sp³-hybridized carbons (Fsp3) is 0.357. The van der Waals surface area contributed by atoms with Gasteiger partial charge < -0.3 is 0 Å². The van der Waals surface area contributed by atoms with Crippen molar-refractivity contribution in [3.05, 3.63) is 28.2 Å². The molecular formula is C14H16Cl2N5+.